The Balaban J connectivity index is 1.50. The molecule has 0 fully saturated rings. The van der Waals surface area contributed by atoms with Gasteiger partial charge in [0.15, 0.2) is 0 Å². The monoisotopic (exact) mass is 452 g/mol. The molecule has 0 saturated carbocycles. The third-order valence-corrected chi connectivity index (χ3v) is 6.00. The molecule has 0 saturated heterocycles. The number of unbranched alkanes of at least 4 members (excludes halogenated alkanes) is 1. The lowest BCUT2D eigenvalue weighted by Crippen LogP contribution is -2.43. The van der Waals surface area contributed by atoms with Gasteiger partial charge in [-0.2, -0.15) is 0 Å². The molecule has 0 bridgehead atoms. The van der Waals surface area contributed by atoms with E-state index in [4.69, 9.17) is 9.84 Å². The summed E-state index contributed by atoms with van der Waals surface area (Å²) in [6.07, 6.45) is 0.810. The van der Waals surface area contributed by atoms with E-state index in [1.165, 1.54) is 11.1 Å². The van der Waals surface area contributed by atoms with Gasteiger partial charge in [0.2, 0.25) is 5.91 Å². The fourth-order valence-electron chi connectivity index (χ4n) is 4.15. The van der Waals surface area contributed by atoms with E-state index in [9.17, 15) is 14.4 Å². The number of rotatable bonds is 11. The Morgan fingerprint density at radius 1 is 0.970 bits per heavy atom. The van der Waals surface area contributed by atoms with Crippen molar-refractivity contribution in [2.75, 3.05) is 13.2 Å². The molecule has 0 heterocycles. The molecule has 0 radical (unpaired) electrons. The van der Waals surface area contributed by atoms with Crippen molar-refractivity contribution >= 4 is 18.0 Å². The first kappa shape index (κ1) is 24.3. The number of carbonyl (C=O) groups excluding carboxylic acids is 2. The van der Waals surface area contributed by atoms with Crippen molar-refractivity contribution in [1.29, 1.82) is 0 Å². The summed E-state index contributed by atoms with van der Waals surface area (Å²) in [6, 6.07) is 16.0. The third-order valence-electron chi connectivity index (χ3n) is 6.00. The van der Waals surface area contributed by atoms with E-state index in [1.54, 1.807) is 0 Å². The van der Waals surface area contributed by atoms with Crippen LogP contribution < -0.4 is 10.6 Å². The van der Waals surface area contributed by atoms with Crippen LogP contribution in [0.3, 0.4) is 0 Å². The lowest BCUT2D eigenvalue weighted by atomic mass is 9.98. The molecular formula is C26H32N2O5. The predicted molar refractivity (Wildman–Crippen MR) is 126 cm³/mol. The van der Waals surface area contributed by atoms with Crippen molar-refractivity contribution in [3.63, 3.8) is 0 Å². The standard InChI is InChI=1S/C26H32N2O5/c1-17(2)23(15-24(29)27-14-8-7-13-25(30)31)28-26(32)33-16-22-20-11-5-3-9-18(20)19-10-4-6-12-21(19)22/h3-6,9-12,17,22-23H,7-8,13-16H2,1-2H3,(H,27,29)(H,28,32)(H,30,31)/t23-/m1/s1. The van der Waals surface area contributed by atoms with Gasteiger partial charge in [0.1, 0.15) is 6.61 Å². The third kappa shape index (κ3) is 6.57. The average Bonchev–Trinajstić information content (AvgIpc) is 3.10. The molecule has 0 aromatic heterocycles. The second-order valence-corrected chi connectivity index (χ2v) is 8.73. The predicted octanol–water partition coefficient (Wildman–Crippen LogP) is 4.31. The van der Waals surface area contributed by atoms with Gasteiger partial charge in [0.05, 0.1) is 0 Å². The van der Waals surface area contributed by atoms with Gasteiger partial charge in [-0.05, 0) is 41.0 Å². The van der Waals surface area contributed by atoms with Crippen LogP contribution >= 0.6 is 0 Å². The van der Waals surface area contributed by atoms with Crippen LogP contribution in [0.15, 0.2) is 48.5 Å². The maximum absolute atomic E-state index is 12.6. The van der Waals surface area contributed by atoms with E-state index in [2.05, 4.69) is 34.9 Å². The molecule has 1 aliphatic rings. The van der Waals surface area contributed by atoms with E-state index in [0.29, 0.717) is 19.4 Å². The van der Waals surface area contributed by atoms with Crippen LogP contribution in [0.2, 0.25) is 0 Å². The first-order valence-corrected chi connectivity index (χ1v) is 11.5. The largest absolute Gasteiger partial charge is 0.481 e. The number of nitrogens with one attached hydrogen (secondary N) is 2. The van der Waals surface area contributed by atoms with E-state index in [-0.39, 0.29) is 43.2 Å². The van der Waals surface area contributed by atoms with Crippen molar-refractivity contribution in [2.45, 2.75) is 51.5 Å². The minimum absolute atomic E-state index is 0.0187. The molecular weight excluding hydrogens is 420 g/mol. The van der Waals surface area contributed by atoms with Gasteiger partial charge in [0, 0.05) is 31.3 Å². The molecule has 2 aromatic carbocycles. The number of carboxylic acids is 1. The van der Waals surface area contributed by atoms with Gasteiger partial charge in [-0.3, -0.25) is 9.59 Å². The molecule has 176 valence electrons. The van der Waals surface area contributed by atoms with Crippen LogP contribution in [0.4, 0.5) is 4.79 Å². The summed E-state index contributed by atoms with van der Waals surface area (Å²) >= 11 is 0. The van der Waals surface area contributed by atoms with Crippen LogP contribution in [0, 0.1) is 5.92 Å². The van der Waals surface area contributed by atoms with E-state index in [0.717, 1.165) is 11.1 Å². The number of amides is 2. The number of benzene rings is 2. The summed E-state index contributed by atoms with van der Waals surface area (Å²) in [6.45, 7) is 4.52. The van der Waals surface area contributed by atoms with Crippen molar-refractivity contribution in [2.24, 2.45) is 5.92 Å². The van der Waals surface area contributed by atoms with Crippen molar-refractivity contribution < 1.29 is 24.2 Å². The maximum atomic E-state index is 12.6. The summed E-state index contributed by atoms with van der Waals surface area (Å²) in [7, 11) is 0. The van der Waals surface area contributed by atoms with Gasteiger partial charge in [-0.15, -0.1) is 0 Å². The Hall–Kier alpha value is -3.35. The molecule has 33 heavy (non-hydrogen) atoms. The van der Waals surface area contributed by atoms with E-state index >= 15 is 0 Å². The molecule has 7 heteroatoms. The zero-order valence-electron chi connectivity index (χ0n) is 19.2. The number of fused-ring (bicyclic) bond motifs is 3. The van der Waals surface area contributed by atoms with Crippen LogP contribution in [0.25, 0.3) is 11.1 Å². The van der Waals surface area contributed by atoms with Gasteiger partial charge in [-0.1, -0.05) is 62.4 Å². The lowest BCUT2D eigenvalue weighted by Gasteiger charge is -2.22. The van der Waals surface area contributed by atoms with E-state index in [1.807, 2.05) is 38.1 Å². The molecule has 3 N–H and O–H groups in total. The average molecular weight is 453 g/mol. The number of alkyl carbamates (subject to hydrolysis) is 1. The van der Waals surface area contributed by atoms with Gasteiger partial charge >= 0.3 is 12.1 Å². The summed E-state index contributed by atoms with van der Waals surface area (Å²) in [5.41, 5.74) is 4.63. The summed E-state index contributed by atoms with van der Waals surface area (Å²) in [4.78, 5) is 35.4. The summed E-state index contributed by atoms with van der Waals surface area (Å²) in [5.74, 6) is -0.991. The summed E-state index contributed by atoms with van der Waals surface area (Å²) < 4.78 is 5.60. The second-order valence-electron chi connectivity index (χ2n) is 8.73. The smallest absolute Gasteiger partial charge is 0.407 e. The Kier molecular flexibility index (Phi) is 8.46. The Labute approximate surface area is 194 Å². The van der Waals surface area contributed by atoms with Gasteiger partial charge in [-0.25, -0.2) is 4.79 Å². The fraction of sp³-hybridized carbons (Fsp3) is 0.423. The number of hydrogen-bond acceptors (Lipinski definition) is 4. The highest BCUT2D eigenvalue weighted by Gasteiger charge is 2.29. The minimum Gasteiger partial charge on any atom is -0.481 e. The molecule has 1 atom stereocenters. The first-order chi connectivity index (χ1) is 15.9. The van der Waals surface area contributed by atoms with Crippen LogP contribution in [0.1, 0.15) is 56.6 Å². The zero-order valence-corrected chi connectivity index (χ0v) is 19.2. The molecule has 2 aromatic rings. The molecule has 7 nitrogen and oxygen atoms in total. The quantitative estimate of drug-likeness (QED) is 0.441. The Morgan fingerprint density at radius 3 is 2.15 bits per heavy atom. The Bertz CT molecular complexity index is 943. The molecule has 2 amide bonds. The zero-order chi connectivity index (χ0) is 23.8. The fourth-order valence-corrected chi connectivity index (χ4v) is 4.15. The number of carbonyl (C=O) groups is 3. The van der Waals surface area contributed by atoms with Crippen LogP contribution in [0.5, 0.6) is 0 Å². The molecule has 0 unspecified atom stereocenters. The van der Waals surface area contributed by atoms with Crippen molar-refractivity contribution in [3.05, 3.63) is 59.7 Å². The Morgan fingerprint density at radius 2 is 1.58 bits per heavy atom. The van der Waals surface area contributed by atoms with Crippen molar-refractivity contribution in [1.82, 2.24) is 10.6 Å². The highest BCUT2D eigenvalue weighted by molar-refractivity contribution is 5.79. The minimum atomic E-state index is -0.839. The highest BCUT2D eigenvalue weighted by Crippen LogP contribution is 2.44. The molecule has 3 rings (SSSR count). The number of ether oxygens (including phenoxy) is 1. The number of carboxylic acid groups (broad SMARTS) is 1. The van der Waals surface area contributed by atoms with Crippen LogP contribution in [-0.2, 0) is 14.3 Å². The molecule has 0 aliphatic heterocycles. The highest BCUT2D eigenvalue weighted by atomic mass is 16.5. The number of hydrogen-bond donors (Lipinski definition) is 3. The normalized spacial score (nSPS) is 13.2. The molecule has 1 aliphatic carbocycles. The van der Waals surface area contributed by atoms with Gasteiger partial charge in [0.25, 0.3) is 0 Å². The van der Waals surface area contributed by atoms with Gasteiger partial charge < -0.3 is 20.5 Å². The maximum Gasteiger partial charge on any atom is 0.407 e. The van der Waals surface area contributed by atoms with Crippen molar-refractivity contribution in [3.8, 4) is 11.1 Å². The van der Waals surface area contributed by atoms with Crippen LogP contribution in [-0.4, -0.2) is 42.3 Å². The summed E-state index contributed by atoms with van der Waals surface area (Å²) in [5, 5.41) is 14.3. The van der Waals surface area contributed by atoms with E-state index < -0.39 is 12.1 Å². The topological polar surface area (TPSA) is 105 Å². The first-order valence-electron chi connectivity index (χ1n) is 11.5. The lowest BCUT2D eigenvalue weighted by molar-refractivity contribution is -0.137. The second kappa shape index (κ2) is 11.5. The SMILES string of the molecule is CC(C)[C@@H](CC(=O)NCCCCC(=O)O)NC(=O)OCC1c2ccccc2-c2ccccc21. The molecule has 0 spiro atoms. The number of aliphatic carboxylic acids is 1.